The van der Waals surface area contributed by atoms with Crippen molar-refractivity contribution in [3.8, 4) is 11.5 Å². The van der Waals surface area contributed by atoms with Gasteiger partial charge in [0.15, 0.2) is 0 Å². The van der Waals surface area contributed by atoms with E-state index in [-0.39, 0.29) is 11.8 Å². The molecule has 0 aliphatic rings. The Morgan fingerprint density at radius 3 is 2.50 bits per heavy atom. The number of hydrogen-bond acceptors (Lipinski definition) is 3. The molecule has 1 atom stereocenters. The summed E-state index contributed by atoms with van der Waals surface area (Å²) in [6, 6.07) is 23.6. The number of fused-ring (bicyclic) bond motifs is 1. The van der Waals surface area contributed by atoms with Crippen molar-refractivity contribution >= 4 is 16.8 Å². The van der Waals surface area contributed by atoms with E-state index in [4.69, 9.17) is 9.47 Å². The molecule has 3 aromatic carbocycles. The van der Waals surface area contributed by atoms with E-state index in [1.165, 1.54) is 0 Å². The lowest BCUT2D eigenvalue weighted by molar-refractivity contribution is 0.0949. The van der Waals surface area contributed by atoms with Crippen LogP contribution in [0, 0.1) is 0 Å². The smallest absolute Gasteiger partial charge is 0.255 e. The van der Waals surface area contributed by atoms with Crippen LogP contribution in [0.5, 0.6) is 11.5 Å². The average molecular weight is 400 g/mol. The van der Waals surface area contributed by atoms with Gasteiger partial charge in [0.25, 0.3) is 5.91 Å². The van der Waals surface area contributed by atoms with E-state index in [0.29, 0.717) is 23.6 Å². The molecule has 0 aliphatic heterocycles. The number of carbonyl (C=O) groups excluding carboxylic acids is 1. The van der Waals surface area contributed by atoms with Gasteiger partial charge in [-0.3, -0.25) is 4.79 Å². The van der Waals surface area contributed by atoms with Gasteiger partial charge in [-0.25, -0.2) is 0 Å². The van der Waals surface area contributed by atoms with Crippen molar-refractivity contribution in [2.75, 3.05) is 20.8 Å². The average Bonchev–Trinajstić information content (AvgIpc) is 3.23. The van der Waals surface area contributed by atoms with Crippen molar-refractivity contribution in [3.05, 3.63) is 95.7 Å². The Kier molecular flexibility index (Phi) is 5.70. The fraction of sp³-hybridized carbons (Fsp3) is 0.160. The normalized spacial score (nSPS) is 11.8. The molecule has 0 unspecified atom stereocenters. The van der Waals surface area contributed by atoms with Crippen molar-refractivity contribution < 1.29 is 14.3 Å². The van der Waals surface area contributed by atoms with E-state index in [9.17, 15) is 4.79 Å². The lowest BCUT2D eigenvalue weighted by Gasteiger charge is -2.19. The first kappa shape index (κ1) is 19.6. The first-order valence-corrected chi connectivity index (χ1v) is 9.82. The van der Waals surface area contributed by atoms with Crippen LogP contribution in [0.3, 0.4) is 0 Å². The fourth-order valence-corrected chi connectivity index (χ4v) is 3.76. The van der Waals surface area contributed by atoms with Crippen LogP contribution in [-0.4, -0.2) is 31.7 Å². The number of carbonyl (C=O) groups is 1. The summed E-state index contributed by atoms with van der Waals surface area (Å²) in [5, 5.41) is 4.24. The molecule has 5 heteroatoms. The zero-order valence-corrected chi connectivity index (χ0v) is 17.0. The predicted molar refractivity (Wildman–Crippen MR) is 118 cm³/mol. The number of hydrogen-bond donors (Lipinski definition) is 2. The summed E-state index contributed by atoms with van der Waals surface area (Å²) in [6.45, 7) is 0.449. The van der Waals surface area contributed by atoms with Gasteiger partial charge < -0.3 is 19.8 Å². The van der Waals surface area contributed by atoms with Crippen molar-refractivity contribution in [2.45, 2.75) is 5.92 Å². The van der Waals surface area contributed by atoms with Crippen molar-refractivity contribution in [2.24, 2.45) is 0 Å². The molecule has 4 rings (SSSR count). The molecule has 1 amide bonds. The largest absolute Gasteiger partial charge is 0.497 e. The summed E-state index contributed by atoms with van der Waals surface area (Å²) in [4.78, 5) is 16.3. The van der Waals surface area contributed by atoms with E-state index in [1.807, 2.05) is 36.5 Å². The number of aromatic amines is 1. The molecule has 1 aromatic heterocycles. The number of H-pyrrole nitrogens is 1. The highest BCUT2D eigenvalue weighted by atomic mass is 16.5. The molecule has 0 fully saturated rings. The second-order valence-corrected chi connectivity index (χ2v) is 7.03. The van der Waals surface area contributed by atoms with E-state index in [1.54, 1.807) is 32.4 Å². The molecule has 4 aromatic rings. The molecule has 1 heterocycles. The third kappa shape index (κ3) is 3.87. The minimum Gasteiger partial charge on any atom is -0.497 e. The van der Waals surface area contributed by atoms with Gasteiger partial charge in [0.1, 0.15) is 11.5 Å². The summed E-state index contributed by atoms with van der Waals surface area (Å²) >= 11 is 0. The lowest BCUT2D eigenvalue weighted by Crippen LogP contribution is -2.29. The summed E-state index contributed by atoms with van der Waals surface area (Å²) in [5.74, 6) is 0.920. The fourth-order valence-electron chi connectivity index (χ4n) is 3.76. The van der Waals surface area contributed by atoms with Crippen LogP contribution in [0.1, 0.15) is 27.4 Å². The summed E-state index contributed by atoms with van der Waals surface area (Å²) in [7, 11) is 3.13. The molecular formula is C25H24N2O3. The number of rotatable bonds is 7. The molecule has 30 heavy (non-hydrogen) atoms. The van der Waals surface area contributed by atoms with Crippen LogP contribution in [0.15, 0.2) is 79.0 Å². The number of ether oxygens (including phenoxy) is 2. The monoisotopic (exact) mass is 400 g/mol. The number of methoxy groups -OCH3 is 2. The van der Waals surface area contributed by atoms with E-state index >= 15 is 0 Å². The molecule has 0 radical (unpaired) electrons. The van der Waals surface area contributed by atoms with E-state index < -0.39 is 0 Å². The number of aromatic nitrogens is 1. The maximum absolute atomic E-state index is 13.0. The van der Waals surface area contributed by atoms with Crippen molar-refractivity contribution in [1.82, 2.24) is 10.3 Å². The molecule has 0 saturated heterocycles. The van der Waals surface area contributed by atoms with Gasteiger partial charge in [0.05, 0.1) is 19.8 Å². The number of nitrogens with one attached hydrogen (secondary N) is 2. The Morgan fingerprint density at radius 1 is 0.967 bits per heavy atom. The van der Waals surface area contributed by atoms with Crippen LogP contribution >= 0.6 is 0 Å². The molecule has 0 spiro atoms. The van der Waals surface area contributed by atoms with E-state index in [2.05, 4.69) is 34.6 Å². The summed E-state index contributed by atoms with van der Waals surface area (Å²) in [6.07, 6.45) is 2.03. The molecule has 0 aliphatic carbocycles. The highest BCUT2D eigenvalue weighted by molar-refractivity contribution is 5.97. The SMILES string of the molecule is COc1ccc(OC)c(C(=O)NC[C@H](c2ccccc2)c2c[nH]c3ccccc23)c1. The minimum absolute atomic E-state index is 0.00269. The van der Waals surface area contributed by atoms with Crippen molar-refractivity contribution in [1.29, 1.82) is 0 Å². The lowest BCUT2D eigenvalue weighted by atomic mass is 9.91. The van der Waals surface area contributed by atoms with Crippen LogP contribution in [0.2, 0.25) is 0 Å². The Bertz CT molecular complexity index is 1150. The second-order valence-electron chi connectivity index (χ2n) is 7.03. The molecule has 2 N–H and O–H groups in total. The number of benzene rings is 3. The third-order valence-electron chi connectivity index (χ3n) is 5.32. The van der Waals surface area contributed by atoms with Gasteiger partial charge in [-0.1, -0.05) is 48.5 Å². The predicted octanol–water partition coefficient (Wildman–Crippen LogP) is 4.75. The zero-order valence-electron chi connectivity index (χ0n) is 17.0. The second kappa shape index (κ2) is 8.74. The number of amides is 1. The number of para-hydroxylation sites is 1. The highest BCUT2D eigenvalue weighted by Gasteiger charge is 2.20. The quantitative estimate of drug-likeness (QED) is 0.471. The Balaban J connectivity index is 1.65. The Hall–Kier alpha value is -3.73. The van der Waals surface area contributed by atoms with Crippen molar-refractivity contribution in [3.63, 3.8) is 0 Å². The molecule has 152 valence electrons. The van der Waals surface area contributed by atoms with Gasteiger partial charge in [-0.2, -0.15) is 0 Å². The minimum atomic E-state index is -0.202. The van der Waals surface area contributed by atoms with Crippen LogP contribution in [0.25, 0.3) is 10.9 Å². The van der Waals surface area contributed by atoms with Crippen LogP contribution in [-0.2, 0) is 0 Å². The first-order chi connectivity index (χ1) is 14.7. The van der Waals surface area contributed by atoms with Gasteiger partial charge >= 0.3 is 0 Å². The summed E-state index contributed by atoms with van der Waals surface area (Å²) < 4.78 is 10.6. The molecule has 0 bridgehead atoms. The zero-order chi connectivity index (χ0) is 20.9. The van der Waals surface area contributed by atoms with Crippen LogP contribution in [0.4, 0.5) is 0 Å². The van der Waals surface area contributed by atoms with Gasteiger partial charge in [-0.15, -0.1) is 0 Å². The highest BCUT2D eigenvalue weighted by Crippen LogP contribution is 2.31. The standard InChI is InChI=1S/C25H24N2O3/c1-29-18-12-13-24(30-2)20(14-18)25(28)27-15-21(17-8-4-3-5-9-17)22-16-26-23-11-7-6-10-19(22)23/h3-14,16,21,26H,15H2,1-2H3,(H,27,28)/t21-/m1/s1. The Morgan fingerprint density at radius 2 is 1.73 bits per heavy atom. The maximum atomic E-state index is 13.0. The Labute approximate surface area is 175 Å². The molecule has 5 nitrogen and oxygen atoms in total. The van der Waals surface area contributed by atoms with Gasteiger partial charge in [0, 0.05) is 29.6 Å². The van der Waals surface area contributed by atoms with Gasteiger partial charge in [-0.05, 0) is 35.4 Å². The topological polar surface area (TPSA) is 63.4 Å². The first-order valence-electron chi connectivity index (χ1n) is 9.82. The summed E-state index contributed by atoms with van der Waals surface area (Å²) in [5.41, 5.74) is 3.81. The third-order valence-corrected chi connectivity index (χ3v) is 5.32. The maximum Gasteiger partial charge on any atom is 0.255 e. The molecule has 0 saturated carbocycles. The van der Waals surface area contributed by atoms with E-state index in [0.717, 1.165) is 22.0 Å². The van der Waals surface area contributed by atoms with Crippen LogP contribution < -0.4 is 14.8 Å². The molecular weight excluding hydrogens is 376 g/mol. The van der Waals surface area contributed by atoms with Gasteiger partial charge in [0.2, 0.25) is 0 Å².